The maximum absolute atomic E-state index is 12.1. The van der Waals surface area contributed by atoms with Gasteiger partial charge in [-0.2, -0.15) is 0 Å². The molecule has 1 unspecified atom stereocenters. The number of ether oxygens (including phenoxy) is 2. The van der Waals surface area contributed by atoms with Crippen LogP contribution in [0, 0.1) is 5.92 Å². The Morgan fingerprint density at radius 3 is 2.62 bits per heavy atom. The molecule has 1 aromatic rings. The fraction of sp³-hybridized carbons (Fsp3) is 0.571. The lowest BCUT2D eigenvalue weighted by Crippen LogP contribution is -2.19. The van der Waals surface area contributed by atoms with Crippen LogP contribution >= 0.6 is 11.3 Å². The molecular formula is C14H20N2O4S. The second-order valence-corrected chi connectivity index (χ2v) is 6.05. The maximum atomic E-state index is 12.1. The first-order valence-electron chi connectivity index (χ1n) is 6.93. The van der Waals surface area contributed by atoms with Crippen LogP contribution in [0.1, 0.15) is 46.7 Å². The second-order valence-electron chi connectivity index (χ2n) is 5.03. The molecule has 1 fully saturated rings. The van der Waals surface area contributed by atoms with E-state index in [2.05, 4.69) is 12.2 Å². The third kappa shape index (κ3) is 3.29. The first-order chi connectivity index (χ1) is 9.99. The first-order valence-corrected chi connectivity index (χ1v) is 7.75. The lowest BCUT2D eigenvalue weighted by atomic mass is 10.2. The van der Waals surface area contributed by atoms with E-state index >= 15 is 0 Å². The van der Waals surface area contributed by atoms with Crippen molar-refractivity contribution in [1.29, 1.82) is 0 Å². The number of hydrogen-bond donors (Lipinski definition) is 2. The number of anilines is 2. The van der Waals surface area contributed by atoms with Gasteiger partial charge < -0.3 is 20.5 Å². The Morgan fingerprint density at radius 1 is 1.43 bits per heavy atom. The molecule has 3 N–H and O–H groups in total. The van der Waals surface area contributed by atoms with Crippen LogP contribution in [0.5, 0.6) is 0 Å². The minimum absolute atomic E-state index is 0.121. The van der Waals surface area contributed by atoms with Crippen LogP contribution < -0.4 is 11.1 Å². The van der Waals surface area contributed by atoms with E-state index < -0.39 is 11.9 Å². The molecule has 1 saturated carbocycles. The molecule has 1 aliphatic rings. The Balaban J connectivity index is 2.35. The SMILES string of the molecule is CCOC(=O)c1c(NC(C)C2CC2)sc(C(=O)OC)c1N. The van der Waals surface area contributed by atoms with E-state index in [0.717, 1.165) is 11.3 Å². The first kappa shape index (κ1) is 15.6. The molecule has 6 nitrogen and oxygen atoms in total. The average molecular weight is 312 g/mol. The molecule has 7 heteroatoms. The van der Waals surface area contributed by atoms with Gasteiger partial charge in [0.15, 0.2) is 0 Å². The number of thiophene rings is 1. The van der Waals surface area contributed by atoms with Gasteiger partial charge in [-0.15, -0.1) is 11.3 Å². The molecule has 0 radical (unpaired) electrons. The molecule has 116 valence electrons. The van der Waals surface area contributed by atoms with E-state index in [1.165, 1.54) is 20.0 Å². The van der Waals surface area contributed by atoms with E-state index in [1.54, 1.807) is 6.92 Å². The average Bonchev–Trinajstić information content (AvgIpc) is 3.24. The van der Waals surface area contributed by atoms with Crippen molar-refractivity contribution in [1.82, 2.24) is 0 Å². The summed E-state index contributed by atoms with van der Waals surface area (Å²) in [4.78, 5) is 24.1. The third-order valence-corrected chi connectivity index (χ3v) is 4.60. The number of nitrogens with one attached hydrogen (secondary N) is 1. The Bertz CT molecular complexity index is 551. The Hall–Kier alpha value is -1.76. The number of nitrogens with two attached hydrogens (primary N) is 1. The molecule has 0 aromatic carbocycles. The van der Waals surface area contributed by atoms with Gasteiger partial charge in [0.2, 0.25) is 0 Å². The molecule has 21 heavy (non-hydrogen) atoms. The summed E-state index contributed by atoms with van der Waals surface area (Å²) in [6, 6.07) is 0.224. The molecule has 0 saturated heterocycles. The van der Waals surface area contributed by atoms with Crippen LogP contribution in [0.25, 0.3) is 0 Å². The lowest BCUT2D eigenvalue weighted by Gasteiger charge is -2.14. The van der Waals surface area contributed by atoms with Crippen molar-refractivity contribution in [2.75, 3.05) is 24.8 Å². The monoisotopic (exact) mass is 312 g/mol. The summed E-state index contributed by atoms with van der Waals surface area (Å²) >= 11 is 1.14. The van der Waals surface area contributed by atoms with Crippen molar-refractivity contribution in [2.45, 2.75) is 32.7 Å². The third-order valence-electron chi connectivity index (χ3n) is 3.48. The molecule has 1 aliphatic carbocycles. The summed E-state index contributed by atoms with van der Waals surface area (Å²) in [5, 5.41) is 3.86. The van der Waals surface area contributed by atoms with Crippen LogP contribution in [-0.2, 0) is 9.47 Å². The Morgan fingerprint density at radius 2 is 2.10 bits per heavy atom. The lowest BCUT2D eigenvalue weighted by molar-refractivity contribution is 0.0529. The molecule has 2 rings (SSSR count). The van der Waals surface area contributed by atoms with E-state index in [0.29, 0.717) is 10.9 Å². The fourth-order valence-electron chi connectivity index (χ4n) is 2.12. The number of nitrogen functional groups attached to an aromatic ring is 1. The number of rotatable bonds is 6. The van der Waals surface area contributed by atoms with Crippen molar-refractivity contribution in [3.05, 3.63) is 10.4 Å². The topological polar surface area (TPSA) is 90.6 Å². The van der Waals surface area contributed by atoms with Gasteiger partial charge in [-0.1, -0.05) is 0 Å². The number of esters is 2. The summed E-state index contributed by atoms with van der Waals surface area (Å²) in [6.07, 6.45) is 2.35. The second kappa shape index (κ2) is 6.34. The standard InChI is InChI=1S/C14H20N2O4S/c1-4-20-13(17)9-10(15)11(14(18)19-3)21-12(9)16-7(2)8-5-6-8/h7-8,16H,4-6,15H2,1-3H3. The quantitative estimate of drug-likeness (QED) is 0.784. The molecule has 0 aliphatic heterocycles. The molecule has 0 bridgehead atoms. The summed E-state index contributed by atoms with van der Waals surface area (Å²) in [5.74, 6) is -0.466. The van der Waals surface area contributed by atoms with Crippen molar-refractivity contribution in [3.63, 3.8) is 0 Å². The Labute approximate surface area is 127 Å². The molecular weight excluding hydrogens is 292 g/mol. The van der Waals surface area contributed by atoms with Gasteiger partial charge >= 0.3 is 11.9 Å². The fourth-order valence-corrected chi connectivity index (χ4v) is 3.24. The maximum Gasteiger partial charge on any atom is 0.350 e. The van der Waals surface area contributed by atoms with Gasteiger partial charge in [0.05, 0.1) is 19.4 Å². The van der Waals surface area contributed by atoms with E-state index in [9.17, 15) is 9.59 Å². The predicted molar refractivity (Wildman–Crippen MR) is 81.8 cm³/mol. The summed E-state index contributed by atoms with van der Waals surface area (Å²) in [7, 11) is 1.28. The Kier molecular flexibility index (Phi) is 4.72. The van der Waals surface area contributed by atoms with Gasteiger partial charge in [0.25, 0.3) is 0 Å². The van der Waals surface area contributed by atoms with Crippen molar-refractivity contribution in [3.8, 4) is 0 Å². The molecule has 1 atom stereocenters. The van der Waals surface area contributed by atoms with E-state index in [4.69, 9.17) is 15.2 Å². The van der Waals surface area contributed by atoms with Crippen LogP contribution in [0.2, 0.25) is 0 Å². The van der Waals surface area contributed by atoms with Gasteiger partial charge in [0.1, 0.15) is 15.4 Å². The zero-order chi connectivity index (χ0) is 15.6. The van der Waals surface area contributed by atoms with Crippen LogP contribution in [0.3, 0.4) is 0 Å². The van der Waals surface area contributed by atoms with E-state index in [-0.39, 0.29) is 28.8 Å². The number of carbonyl (C=O) groups excluding carboxylic acids is 2. The normalized spacial score (nSPS) is 15.4. The highest BCUT2D eigenvalue weighted by Crippen LogP contribution is 2.40. The number of hydrogen-bond acceptors (Lipinski definition) is 7. The van der Waals surface area contributed by atoms with E-state index in [1.807, 2.05) is 0 Å². The minimum atomic E-state index is -0.546. The largest absolute Gasteiger partial charge is 0.465 e. The van der Waals surface area contributed by atoms with Crippen LogP contribution in [0.4, 0.5) is 10.7 Å². The van der Waals surface area contributed by atoms with Gasteiger partial charge in [-0.25, -0.2) is 9.59 Å². The van der Waals surface area contributed by atoms with Gasteiger partial charge in [0, 0.05) is 6.04 Å². The van der Waals surface area contributed by atoms with Crippen molar-refractivity contribution < 1.29 is 19.1 Å². The highest BCUT2D eigenvalue weighted by Gasteiger charge is 2.32. The minimum Gasteiger partial charge on any atom is -0.465 e. The van der Waals surface area contributed by atoms with Crippen LogP contribution in [0.15, 0.2) is 0 Å². The summed E-state index contributed by atoms with van der Waals surface area (Å²) in [5.41, 5.74) is 6.30. The molecule has 1 heterocycles. The number of carbonyl (C=O) groups is 2. The summed E-state index contributed by atoms with van der Waals surface area (Å²) < 4.78 is 9.73. The molecule has 0 spiro atoms. The molecule has 0 amide bonds. The zero-order valence-electron chi connectivity index (χ0n) is 12.4. The predicted octanol–water partition coefficient (Wildman–Crippen LogP) is 2.50. The van der Waals surface area contributed by atoms with Gasteiger partial charge in [-0.3, -0.25) is 0 Å². The number of methoxy groups -OCH3 is 1. The summed E-state index contributed by atoms with van der Waals surface area (Å²) in [6.45, 7) is 4.03. The highest BCUT2D eigenvalue weighted by molar-refractivity contribution is 7.19. The highest BCUT2D eigenvalue weighted by atomic mass is 32.1. The zero-order valence-corrected chi connectivity index (χ0v) is 13.2. The smallest absolute Gasteiger partial charge is 0.350 e. The van der Waals surface area contributed by atoms with Crippen LogP contribution in [-0.4, -0.2) is 31.7 Å². The van der Waals surface area contributed by atoms with Crippen molar-refractivity contribution in [2.24, 2.45) is 5.92 Å². The molecule has 1 aromatic heterocycles. The van der Waals surface area contributed by atoms with Gasteiger partial charge in [-0.05, 0) is 32.6 Å². The van der Waals surface area contributed by atoms with Crippen molar-refractivity contribution >= 4 is 34.0 Å².